The molecule has 0 spiro atoms. The van der Waals surface area contributed by atoms with Crippen molar-refractivity contribution in [3.05, 3.63) is 0 Å². The van der Waals surface area contributed by atoms with Crippen molar-refractivity contribution >= 4 is 5.91 Å². The molecule has 1 rings (SSSR count). The number of carbonyl (C=O) groups excluding carboxylic acids is 1. The Morgan fingerprint density at radius 2 is 2.06 bits per heavy atom. The van der Waals surface area contributed by atoms with Crippen LogP contribution in [0, 0.1) is 5.92 Å². The first-order valence-electron chi connectivity index (χ1n) is 7.17. The molecule has 0 saturated heterocycles. The van der Waals surface area contributed by atoms with Crippen molar-refractivity contribution in [2.24, 2.45) is 11.7 Å². The highest BCUT2D eigenvalue weighted by Gasteiger charge is 2.23. The van der Waals surface area contributed by atoms with Gasteiger partial charge in [0.2, 0.25) is 5.91 Å². The fraction of sp³-hybridized carbons (Fsp3) is 0.929. The lowest BCUT2D eigenvalue weighted by Crippen LogP contribution is -2.45. The number of primary amides is 1. The highest BCUT2D eigenvalue weighted by atomic mass is 16.5. The molecule has 0 bridgehead atoms. The summed E-state index contributed by atoms with van der Waals surface area (Å²) in [6.45, 7) is 6.89. The zero-order chi connectivity index (χ0) is 13.5. The van der Waals surface area contributed by atoms with Crippen LogP contribution in [0.15, 0.2) is 0 Å². The van der Waals surface area contributed by atoms with Crippen molar-refractivity contribution in [2.45, 2.75) is 71.1 Å². The minimum atomic E-state index is -0.288. The zero-order valence-corrected chi connectivity index (χ0v) is 11.9. The molecule has 0 heterocycles. The lowest BCUT2D eigenvalue weighted by atomic mass is 9.88. The zero-order valence-electron chi connectivity index (χ0n) is 11.9. The Morgan fingerprint density at radius 3 is 2.61 bits per heavy atom. The summed E-state index contributed by atoms with van der Waals surface area (Å²) in [5, 5.41) is 3.17. The van der Waals surface area contributed by atoms with Crippen LogP contribution in [0.25, 0.3) is 0 Å². The second-order valence-electron chi connectivity index (χ2n) is 5.74. The predicted molar refractivity (Wildman–Crippen MR) is 73.2 cm³/mol. The van der Waals surface area contributed by atoms with Crippen LogP contribution in [-0.2, 0) is 9.53 Å². The Morgan fingerprint density at radius 1 is 1.39 bits per heavy atom. The average molecular weight is 256 g/mol. The van der Waals surface area contributed by atoms with Crippen molar-refractivity contribution in [1.82, 2.24) is 5.32 Å². The molecule has 1 saturated carbocycles. The van der Waals surface area contributed by atoms with Gasteiger partial charge in [0.15, 0.2) is 0 Å². The molecule has 1 amide bonds. The van der Waals surface area contributed by atoms with E-state index >= 15 is 0 Å². The molecule has 0 aromatic rings. The molecule has 0 aromatic carbocycles. The van der Waals surface area contributed by atoms with Crippen LogP contribution in [-0.4, -0.2) is 30.7 Å². The van der Waals surface area contributed by atoms with Crippen LogP contribution < -0.4 is 11.1 Å². The van der Waals surface area contributed by atoms with Crippen LogP contribution in [0.1, 0.15) is 52.9 Å². The van der Waals surface area contributed by atoms with Gasteiger partial charge < -0.3 is 15.8 Å². The molecule has 0 aliphatic heterocycles. The third kappa shape index (κ3) is 5.36. The van der Waals surface area contributed by atoms with E-state index in [2.05, 4.69) is 12.2 Å². The Bertz CT molecular complexity index is 256. The van der Waals surface area contributed by atoms with Crippen LogP contribution in [0.4, 0.5) is 0 Å². The Labute approximate surface area is 111 Å². The first kappa shape index (κ1) is 15.4. The van der Waals surface area contributed by atoms with E-state index in [-0.39, 0.29) is 18.0 Å². The highest BCUT2D eigenvalue weighted by Crippen LogP contribution is 2.26. The topological polar surface area (TPSA) is 64.3 Å². The number of hydrogen-bond acceptors (Lipinski definition) is 3. The van der Waals surface area contributed by atoms with Gasteiger partial charge in [-0.2, -0.15) is 0 Å². The smallest absolute Gasteiger partial charge is 0.234 e. The van der Waals surface area contributed by atoms with Gasteiger partial charge in [0.1, 0.15) is 0 Å². The van der Waals surface area contributed by atoms with Gasteiger partial charge in [-0.25, -0.2) is 0 Å². The SMILES string of the molecule is CC(C)NC(CCOC1CCCCC1C)C(N)=O. The maximum absolute atomic E-state index is 11.3. The summed E-state index contributed by atoms with van der Waals surface area (Å²) >= 11 is 0. The number of amides is 1. The van der Waals surface area contributed by atoms with E-state index in [4.69, 9.17) is 10.5 Å². The van der Waals surface area contributed by atoms with Crippen molar-refractivity contribution < 1.29 is 9.53 Å². The molecule has 106 valence electrons. The molecular formula is C14H28N2O2. The van der Waals surface area contributed by atoms with Gasteiger partial charge in [-0.15, -0.1) is 0 Å². The highest BCUT2D eigenvalue weighted by molar-refractivity contribution is 5.79. The largest absolute Gasteiger partial charge is 0.378 e. The number of carbonyl (C=O) groups is 1. The fourth-order valence-corrected chi connectivity index (χ4v) is 2.58. The van der Waals surface area contributed by atoms with Gasteiger partial charge in [-0.1, -0.05) is 33.6 Å². The van der Waals surface area contributed by atoms with Crippen LogP contribution in [0.2, 0.25) is 0 Å². The summed E-state index contributed by atoms with van der Waals surface area (Å²) in [5.74, 6) is 0.354. The summed E-state index contributed by atoms with van der Waals surface area (Å²) in [4.78, 5) is 11.3. The van der Waals surface area contributed by atoms with Gasteiger partial charge in [-0.3, -0.25) is 4.79 Å². The lowest BCUT2D eigenvalue weighted by molar-refractivity contribution is -0.121. The van der Waals surface area contributed by atoms with Crippen LogP contribution >= 0.6 is 0 Å². The van der Waals surface area contributed by atoms with Gasteiger partial charge in [0, 0.05) is 12.6 Å². The number of rotatable bonds is 7. The molecule has 1 aliphatic rings. The van der Waals surface area contributed by atoms with E-state index in [0.29, 0.717) is 25.0 Å². The standard InChI is InChI=1S/C14H28N2O2/c1-10(2)16-12(14(15)17)8-9-18-13-7-5-4-6-11(13)3/h10-13,16H,4-9H2,1-3H3,(H2,15,17). The third-order valence-electron chi connectivity index (χ3n) is 3.65. The number of ether oxygens (including phenoxy) is 1. The van der Waals surface area contributed by atoms with E-state index in [9.17, 15) is 4.79 Å². The molecule has 4 heteroatoms. The summed E-state index contributed by atoms with van der Waals surface area (Å²) < 4.78 is 5.91. The van der Waals surface area contributed by atoms with Crippen molar-refractivity contribution in [3.8, 4) is 0 Å². The van der Waals surface area contributed by atoms with E-state index < -0.39 is 0 Å². The second kappa shape index (κ2) is 7.74. The van der Waals surface area contributed by atoms with Crippen molar-refractivity contribution in [3.63, 3.8) is 0 Å². The number of nitrogens with one attached hydrogen (secondary N) is 1. The molecule has 0 aromatic heterocycles. The number of nitrogens with two attached hydrogens (primary N) is 1. The lowest BCUT2D eigenvalue weighted by Gasteiger charge is -2.29. The van der Waals surface area contributed by atoms with Crippen LogP contribution in [0.3, 0.4) is 0 Å². The Kier molecular flexibility index (Phi) is 6.65. The average Bonchev–Trinajstić information content (AvgIpc) is 2.29. The maximum Gasteiger partial charge on any atom is 0.234 e. The molecule has 3 atom stereocenters. The molecular weight excluding hydrogens is 228 g/mol. The third-order valence-corrected chi connectivity index (χ3v) is 3.65. The van der Waals surface area contributed by atoms with Crippen molar-refractivity contribution in [1.29, 1.82) is 0 Å². The Hall–Kier alpha value is -0.610. The van der Waals surface area contributed by atoms with E-state index in [1.807, 2.05) is 13.8 Å². The normalized spacial score (nSPS) is 26.2. The Balaban J connectivity index is 2.27. The quantitative estimate of drug-likeness (QED) is 0.730. The molecule has 1 fully saturated rings. The van der Waals surface area contributed by atoms with Crippen molar-refractivity contribution in [2.75, 3.05) is 6.61 Å². The predicted octanol–water partition coefficient (Wildman–Crippen LogP) is 1.82. The fourth-order valence-electron chi connectivity index (χ4n) is 2.58. The molecule has 18 heavy (non-hydrogen) atoms. The van der Waals surface area contributed by atoms with Gasteiger partial charge in [0.05, 0.1) is 12.1 Å². The molecule has 4 nitrogen and oxygen atoms in total. The molecule has 1 aliphatic carbocycles. The molecule has 3 unspecified atom stereocenters. The van der Waals surface area contributed by atoms with Crippen LogP contribution in [0.5, 0.6) is 0 Å². The summed E-state index contributed by atoms with van der Waals surface area (Å²) in [6.07, 6.45) is 6.02. The summed E-state index contributed by atoms with van der Waals surface area (Å²) in [7, 11) is 0. The monoisotopic (exact) mass is 256 g/mol. The second-order valence-corrected chi connectivity index (χ2v) is 5.74. The van der Waals surface area contributed by atoms with E-state index in [1.165, 1.54) is 19.3 Å². The molecule has 0 radical (unpaired) electrons. The van der Waals surface area contributed by atoms with Gasteiger partial charge in [0.25, 0.3) is 0 Å². The summed E-state index contributed by atoms with van der Waals surface area (Å²) in [5.41, 5.74) is 5.37. The van der Waals surface area contributed by atoms with Gasteiger partial charge >= 0.3 is 0 Å². The van der Waals surface area contributed by atoms with E-state index in [1.54, 1.807) is 0 Å². The molecule has 3 N–H and O–H groups in total. The first-order valence-corrected chi connectivity index (χ1v) is 7.17. The minimum Gasteiger partial charge on any atom is -0.378 e. The number of hydrogen-bond donors (Lipinski definition) is 2. The summed E-state index contributed by atoms with van der Waals surface area (Å²) in [6, 6.07) is -0.0139. The van der Waals surface area contributed by atoms with Gasteiger partial charge in [-0.05, 0) is 25.2 Å². The minimum absolute atomic E-state index is 0.260. The first-order chi connectivity index (χ1) is 8.50. The maximum atomic E-state index is 11.3. The van der Waals surface area contributed by atoms with E-state index in [0.717, 1.165) is 6.42 Å².